The second kappa shape index (κ2) is 11.4. The van der Waals surface area contributed by atoms with E-state index >= 15 is 0 Å². The van der Waals surface area contributed by atoms with Crippen LogP contribution in [0.15, 0.2) is 0 Å². The molecule has 162 valence electrons. The van der Waals surface area contributed by atoms with Gasteiger partial charge in [0.15, 0.2) is 0 Å². The van der Waals surface area contributed by atoms with Crippen molar-refractivity contribution in [3.05, 3.63) is 0 Å². The number of morpholine rings is 1. The molecule has 3 aliphatic rings. The molecule has 1 saturated carbocycles. The van der Waals surface area contributed by atoms with Crippen molar-refractivity contribution in [1.29, 1.82) is 0 Å². The first-order valence-corrected chi connectivity index (χ1v) is 11.7. The molecule has 28 heavy (non-hydrogen) atoms. The van der Waals surface area contributed by atoms with Crippen molar-refractivity contribution in [2.24, 2.45) is 11.8 Å². The van der Waals surface area contributed by atoms with Crippen molar-refractivity contribution in [3.8, 4) is 0 Å². The quantitative estimate of drug-likeness (QED) is 0.752. The Morgan fingerprint density at radius 2 is 1.71 bits per heavy atom. The smallest absolute Gasteiger partial charge is 0.317 e. The number of carbonyl (C=O) groups excluding carboxylic acids is 1. The summed E-state index contributed by atoms with van der Waals surface area (Å²) < 4.78 is 5.49. The molecule has 1 aliphatic carbocycles. The molecule has 2 heterocycles. The van der Waals surface area contributed by atoms with Crippen LogP contribution in [-0.2, 0) is 4.74 Å². The number of rotatable bonds is 6. The highest BCUT2D eigenvalue weighted by Gasteiger charge is 2.26. The molecule has 1 atom stereocenters. The van der Waals surface area contributed by atoms with Gasteiger partial charge in [-0.15, -0.1) is 0 Å². The minimum Gasteiger partial charge on any atom is -0.379 e. The molecule has 6 nitrogen and oxygen atoms in total. The SMILES string of the molecule is CC(C)C(CNC(=O)N1CCCN(CC2CCCCC2)CC1)N1CCOCC1. The number of nitrogens with zero attached hydrogens (tertiary/aromatic N) is 3. The molecule has 0 aromatic heterocycles. The van der Waals surface area contributed by atoms with Crippen LogP contribution in [0.1, 0.15) is 52.4 Å². The maximum atomic E-state index is 12.8. The summed E-state index contributed by atoms with van der Waals surface area (Å²) in [6.07, 6.45) is 8.14. The Kier molecular flexibility index (Phi) is 8.87. The summed E-state index contributed by atoms with van der Waals surface area (Å²) in [7, 11) is 0. The average Bonchev–Trinajstić information content (AvgIpc) is 2.95. The Morgan fingerprint density at radius 3 is 2.43 bits per heavy atom. The summed E-state index contributed by atoms with van der Waals surface area (Å²) in [6.45, 7) is 13.9. The lowest BCUT2D eigenvalue weighted by Crippen LogP contribution is -2.53. The Bertz CT molecular complexity index is 461. The predicted molar refractivity (Wildman–Crippen MR) is 114 cm³/mol. The van der Waals surface area contributed by atoms with Crippen molar-refractivity contribution in [1.82, 2.24) is 20.0 Å². The fourth-order valence-electron chi connectivity index (χ4n) is 5.09. The number of ether oxygens (including phenoxy) is 1. The first-order chi connectivity index (χ1) is 13.6. The molecule has 2 saturated heterocycles. The van der Waals surface area contributed by atoms with E-state index in [9.17, 15) is 4.79 Å². The first-order valence-electron chi connectivity index (χ1n) is 11.7. The molecule has 0 bridgehead atoms. The van der Waals surface area contributed by atoms with E-state index in [1.165, 1.54) is 38.6 Å². The zero-order chi connectivity index (χ0) is 19.8. The standard InChI is InChI=1S/C22H42N4O2/c1-19(2)21(25-13-15-28-16-14-25)17-23-22(27)26-10-6-9-24(11-12-26)18-20-7-4-3-5-8-20/h19-21H,3-18H2,1-2H3,(H,23,27). The van der Waals surface area contributed by atoms with Gasteiger partial charge in [0, 0.05) is 51.9 Å². The Morgan fingerprint density at radius 1 is 0.964 bits per heavy atom. The topological polar surface area (TPSA) is 48.1 Å². The van der Waals surface area contributed by atoms with E-state index in [4.69, 9.17) is 4.74 Å². The maximum absolute atomic E-state index is 12.8. The first kappa shape index (κ1) is 21.8. The minimum atomic E-state index is 0.124. The molecule has 2 amide bonds. The number of hydrogen-bond donors (Lipinski definition) is 1. The van der Waals surface area contributed by atoms with Crippen LogP contribution in [0.4, 0.5) is 4.79 Å². The number of urea groups is 1. The van der Waals surface area contributed by atoms with Crippen LogP contribution in [0.25, 0.3) is 0 Å². The molecule has 6 heteroatoms. The zero-order valence-corrected chi connectivity index (χ0v) is 18.2. The number of hydrogen-bond acceptors (Lipinski definition) is 4. The summed E-state index contributed by atoms with van der Waals surface area (Å²) in [4.78, 5) is 19.9. The van der Waals surface area contributed by atoms with Gasteiger partial charge in [0.1, 0.15) is 0 Å². The summed E-state index contributed by atoms with van der Waals surface area (Å²) >= 11 is 0. The van der Waals surface area contributed by atoms with E-state index in [2.05, 4.69) is 29.0 Å². The predicted octanol–water partition coefficient (Wildman–Crippen LogP) is 2.64. The molecule has 2 aliphatic heterocycles. The Balaban J connectivity index is 1.42. The van der Waals surface area contributed by atoms with Crippen molar-refractivity contribution < 1.29 is 9.53 Å². The second-order valence-corrected chi connectivity index (χ2v) is 9.29. The van der Waals surface area contributed by atoms with Crippen LogP contribution in [0, 0.1) is 11.8 Å². The highest BCUT2D eigenvalue weighted by atomic mass is 16.5. The van der Waals surface area contributed by atoms with Gasteiger partial charge in [-0.25, -0.2) is 4.79 Å². The largest absolute Gasteiger partial charge is 0.379 e. The maximum Gasteiger partial charge on any atom is 0.317 e. The lowest BCUT2D eigenvalue weighted by Gasteiger charge is -2.37. The van der Waals surface area contributed by atoms with E-state index in [1.807, 2.05) is 4.90 Å². The molecular weight excluding hydrogens is 352 g/mol. The molecule has 1 unspecified atom stereocenters. The van der Waals surface area contributed by atoms with Gasteiger partial charge in [-0.3, -0.25) is 4.90 Å². The Labute approximate surface area is 171 Å². The van der Waals surface area contributed by atoms with Gasteiger partial charge in [0.2, 0.25) is 0 Å². The fraction of sp³-hybridized carbons (Fsp3) is 0.955. The number of nitrogens with one attached hydrogen (secondary N) is 1. The highest BCUT2D eigenvalue weighted by molar-refractivity contribution is 5.74. The summed E-state index contributed by atoms with van der Waals surface area (Å²) in [5, 5.41) is 3.24. The molecule has 3 fully saturated rings. The van der Waals surface area contributed by atoms with Gasteiger partial charge in [-0.1, -0.05) is 33.1 Å². The van der Waals surface area contributed by atoms with Crippen LogP contribution in [0.5, 0.6) is 0 Å². The molecule has 0 aromatic rings. The third-order valence-electron chi connectivity index (χ3n) is 6.86. The van der Waals surface area contributed by atoms with E-state index in [-0.39, 0.29) is 6.03 Å². The molecular formula is C22H42N4O2. The normalized spacial score (nSPS) is 24.9. The van der Waals surface area contributed by atoms with Crippen LogP contribution in [0.3, 0.4) is 0 Å². The third-order valence-corrected chi connectivity index (χ3v) is 6.86. The monoisotopic (exact) mass is 394 g/mol. The van der Waals surface area contributed by atoms with Crippen LogP contribution in [0.2, 0.25) is 0 Å². The van der Waals surface area contributed by atoms with Gasteiger partial charge in [0.25, 0.3) is 0 Å². The molecule has 1 N–H and O–H groups in total. The summed E-state index contributed by atoms with van der Waals surface area (Å²) in [6, 6.07) is 0.515. The van der Waals surface area contributed by atoms with E-state index in [0.29, 0.717) is 12.0 Å². The van der Waals surface area contributed by atoms with E-state index in [1.54, 1.807) is 0 Å². The van der Waals surface area contributed by atoms with Crippen molar-refractivity contribution in [3.63, 3.8) is 0 Å². The van der Waals surface area contributed by atoms with Crippen LogP contribution < -0.4 is 5.32 Å². The van der Waals surface area contributed by atoms with Gasteiger partial charge < -0.3 is 19.9 Å². The van der Waals surface area contributed by atoms with Crippen LogP contribution in [-0.4, -0.2) is 92.3 Å². The number of carbonyl (C=O) groups is 1. The molecule has 0 radical (unpaired) electrons. The molecule has 3 rings (SSSR count). The molecule has 0 spiro atoms. The van der Waals surface area contributed by atoms with Gasteiger partial charge in [0.05, 0.1) is 13.2 Å². The highest BCUT2D eigenvalue weighted by Crippen LogP contribution is 2.24. The minimum absolute atomic E-state index is 0.124. The summed E-state index contributed by atoms with van der Waals surface area (Å²) in [5.41, 5.74) is 0. The Hall–Kier alpha value is -0.850. The van der Waals surface area contributed by atoms with Crippen molar-refractivity contribution >= 4 is 6.03 Å². The third kappa shape index (κ3) is 6.60. The fourth-order valence-corrected chi connectivity index (χ4v) is 5.09. The second-order valence-electron chi connectivity index (χ2n) is 9.29. The van der Waals surface area contributed by atoms with Crippen molar-refractivity contribution in [2.75, 3.05) is 65.6 Å². The number of amides is 2. The van der Waals surface area contributed by atoms with Gasteiger partial charge in [-0.2, -0.15) is 0 Å². The summed E-state index contributed by atoms with van der Waals surface area (Å²) in [5.74, 6) is 1.41. The lowest BCUT2D eigenvalue weighted by atomic mass is 9.89. The average molecular weight is 395 g/mol. The lowest BCUT2D eigenvalue weighted by molar-refractivity contribution is 0.00695. The van der Waals surface area contributed by atoms with E-state index in [0.717, 1.165) is 71.4 Å². The van der Waals surface area contributed by atoms with Crippen LogP contribution >= 0.6 is 0 Å². The van der Waals surface area contributed by atoms with Gasteiger partial charge >= 0.3 is 6.03 Å². The molecule has 0 aromatic carbocycles. The van der Waals surface area contributed by atoms with Crippen molar-refractivity contribution in [2.45, 2.75) is 58.4 Å². The zero-order valence-electron chi connectivity index (χ0n) is 18.2. The van der Waals surface area contributed by atoms with E-state index < -0.39 is 0 Å². The van der Waals surface area contributed by atoms with Gasteiger partial charge in [-0.05, 0) is 37.6 Å².